The van der Waals surface area contributed by atoms with Crippen LogP contribution in [0.15, 0.2) is 24.9 Å². The van der Waals surface area contributed by atoms with Gasteiger partial charge in [0.15, 0.2) is 0 Å². The molecule has 4 heteroatoms. The fourth-order valence-corrected chi connectivity index (χ4v) is 2.02. The topological polar surface area (TPSA) is 49.0 Å². The van der Waals surface area contributed by atoms with E-state index in [1.807, 2.05) is 19.3 Å². The van der Waals surface area contributed by atoms with Crippen molar-refractivity contribution in [2.75, 3.05) is 6.54 Å². The predicted molar refractivity (Wildman–Crippen MR) is 79.8 cm³/mol. The maximum atomic E-state index is 12.0. The smallest absolute Gasteiger partial charge is 0.246 e. The number of aryl methyl sites for hydroxylation is 1. The molecule has 0 atom stereocenters. The normalized spacial score (nSPS) is 10.9. The van der Waals surface area contributed by atoms with E-state index >= 15 is 0 Å². The van der Waals surface area contributed by atoms with E-state index in [2.05, 4.69) is 33.4 Å². The Morgan fingerprint density at radius 3 is 2.70 bits per heavy atom. The van der Waals surface area contributed by atoms with Crippen LogP contribution in [0.4, 0.5) is 0 Å². The Bertz CT molecular complexity index is 534. The van der Waals surface area contributed by atoms with Crippen molar-refractivity contribution in [2.45, 2.75) is 33.7 Å². The Kier molecular flexibility index (Phi) is 5.15. The molecule has 0 bridgehead atoms. The van der Waals surface area contributed by atoms with Gasteiger partial charge < -0.3 is 9.47 Å². The fraction of sp³-hybridized carbons (Fsp3) is 0.500. The van der Waals surface area contributed by atoms with Crippen LogP contribution in [0.1, 0.15) is 38.4 Å². The van der Waals surface area contributed by atoms with Crippen LogP contribution in [0.5, 0.6) is 0 Å². The summed E-state index contributed by atoms with van der Waals surface area (Å²) in [5.41, 5.74) is 1.62. The largest absolute Gasteiger partial charge is 0.342 e. The highest BCUT2D eigenvalue weighted by Crippen LogP contribution is 2.23. The second kappa shape index (κ2) is 6.42. The minimum atomic E-state index is -0.0751. The van der Waals surface area contributed by atoms with Gasteiger partial charge in [-0.3, -0.25) is 4.79 Å². The van der Waals surface area contributed by atoms with E-state index in [4.69, 9.17) is 5.26 Å². The lowest BCUT2D eigenvalue weighted by atomic mass is 9.89. The summed E-state index contributed by atoms with van der Waals surface area (Å²) < 4.78 is 1.77. The molecular formula is C16H23N3O. The summed E-state index contributed by atoms with van der Waals surface area (Å²) in [6, 6.07) is 3.95. The quantitative estimate of drug-likeness (QED) is 0.748. The van der Waals surface area contributed by atoms with E-state index in [-0.39, 0.29) is 11.3 Å². The van der Waals surface area contributed by atoms with E-state index in [1.54, 1.807) is 9.47 Å². The zero-order valence-corrected chi connectivity index (χ0v) is 12.8. The summed E-state index contributed by atoms with van der Waals surface area (Å²) in [6.07, 6.45) is 4.23. The van der Waals surface area contributed by atoms with Gasteiger partial charge >= 0.3 is 0 Å². The Morgan fingerprint density at radius 1 is 1.60 bits per heavy atom. The van der Waals surface area contributed by atoms with Gasteiger partial charge in [-0.25, -0.2) is 0 Å². The highest BCUT2D eigenvalue weighted by Gasteiger charge is 2.22. The molecule has 0 aliphatic rings. The van der Waals surface area contributed by atoms with Crippen LogP contribution >= 0.6 is 0 Å². The molecule has 108 valence electrons. The highest BCUT2D eigenvalue weighted by molar-refractivity contribution is 5.87. The van der Waals surface area contributed by atoms with Gasteiger partial charge in [-0.2, -0.15) is 5.26 Å². The zero-order chi connectivity index (χ0) is 15.3. The summed E-state index contributed by atoms with van der Waals surface area (Å²) in [5, 5.41) is 8.98. The second-order valence-corrected chi connectivity index (χ2v) is 5.87. The number of nitriles is 1. The van der Waals surface area contributed by atoms with Crippen molar-refractivity contribution >= 4 is 5.91 Å². The van der Waals surface area contributed by atoms with Gasteiger partial charge in [0.25, 0.3) is 0 Å². The third-order valence-corrected chi connectivity index (χ3v) is 3.61. The molecule has 1 rings (SSSR count). The van der Waals surface area contributed by atoms with Crippen molar-refractivity contribution in [3.05, 3.63) is 36.2 Å². The molecule has 1 aromatic heterocycles. The SMILES string of the molecule is C=CC(=O)N(Cc1cc(C#N)n(C)c1)CC(C)(C)CC. The molecule has 0 aliphatic carbocycles. The summed E-state index contributed by atoms with van der Waals surface area (Å²) in [6.45, 7) is 11.1. The molecule has 0 spiro atoms. The van der Waals surface area contributed by atoms with Crippen molar-refractivity contribution < 1.29 is 4.79 Å². The van der Waals surface area contributed by atoms with Crippen molar-refractivity contribution in [3.8, 4) is 6.07 Å². The number of carbonyl (C=O) groups is 1. The van der Waals surface area contributed by atoms with E-state index in [0.29, 0.717) is 18.8 Å². The molecule has 1 amide bonds. The van der Waals surface area contributed by atoms with Crippen molar-refractivity contribution in [3.63, 3.8) is 0 Å². The lowest BCUT2D eigenvalue weighted by Crippen LogP contribution is -2.37. The zero-order valence-electron chi connectivity index (χ0n) is 12.8. The molecule has 0 radical (unpaired) electrons. The molecule has 0 aromatic carbocycles. The van der Waals surface area contributed by atoms with Gasteiger partial charge in [-0.15, -0.1) is 0 Å². The van der Waals surface area contributed by atoms with Gasteiger partial charge in [0.05, 0.1) is 0 Å². The van der Waals surface area contributed by atoms with E-state index < -0.39 is 0 Å². The average molecular weight is 273 g/mol. The molecule has 0 saturated heterocycles. The van der Waals surface area contributed by atoms with Crippen LogP contribution in [0.2, 0.25) is 0 Å². The number of aromatic nitrogens is 1. The lowest BCUT2D eigenvalue weighted by molar-refractivity contribution is -0.128. The van der Waals surface area contributed by atoms with Crippen LogP contribution in [0.3, 0.4) is 0 Å². The maximum Gasteiger partial charge on any atom is 0.246 e. The Labute approximate surface area is 121 Å². The number of amides is 1. The fourth-order valence-electron chi connectivity index (χ4n) is 2.02. The maximum absolute atomic E-state index is 12.0. The van der Waals surface area contributed by atoms with Crippen LogP contribution in [-0.4, -0.2) is 21.9 Å². The summed E-state index contributed by atoms with van der Waals surface area (Å²) in [4.78, 5) is 13.8. The summed E-state index contributed by atoms with van der Waals surface area (Å²) >= 11 is 0. The average Bonchev–Trinajstić information content (AvgIpc) is 2.76. The Balaban J connectivity index is 2.92. The molecule has 1 heterocycles. The van der Waals surface area contributed by atoms with E-state index in [0.717, 1.165) is 12.0 Å². The van der Waals surface area contributed by atoms with Gasteiger partial charge in [-0.1, -0.05) is 27.4 Å². The predicted octanol–water partition coefficient (Wildman–Crippen LogP) is 2.85. The monoisotopic (exact) mass is 273 g/mol. The van der Waals surface area contributed by atoms with E-state index in [9.17, 15) is 4.79 Å². The molecule has 4 nitrogen and oxygen atoms in total. The molecular weight excluding hydrogens is 250 g/mol. The third kappa shape index (κ3) is 3.99. The number of hydrogen-bond acceptors (Lipinski definition) is 2. The molecule has 1 aromatic rings. The Morgan fingerprint density at radius 2 is 2.25 bits per heavy atom. The van der Waals surface area contributed by atoms with Gasteiger partial charge in [0, 0.05) is 26.3 Å². The van der Waals surface area contributed by atoms with Crippen molar-refractivity contribution in [2.24, 2.45) is 12.5 Å². The van der Waals surface area contributed by atoms with Crippen LogP contribution in [-0.2, 0) is 18.4 Å². The van der Waals surface area contributed by atoms with Crippen molar-refractivity contribution in [1.29, 1.82) is 5.26 Å². The first kappa shape index (κ1) is 16.0. The minimum absolute atomic E-state index is 0.0610. The molecule has 20 heavy (non-hydrogen) atoms. The van der Waals surface area contributed by atoms with Crippen LogP contribution in [0.25, 0.3) is 0 Å². The summed E-state index contributed by atoms with van der Waals surface area (Å²) in [7, 11) is 1.83. The van der Waals surface area contributed by atoms with Gasteiger partial charge in [-0.05, 0) is 29.5 Å². The number of hydrogen-bond donors (Lipinski definition) is 0. The Hall–Kier alpha value is -2.02. The standard InChI is InChI=1S/C16H23N3O/c1-6-15(20)19(12-16(3,4)7-2)11-13-8-14(9-17)18(5)10-13/h6,8,10H,1,7,11-12H2,2-5H3. The first-order valence-electron chi connectivity index (χ1n) is 6.79. The summed E-state index contributed by atoms with van der Waals surface area (Å²) in [5.74, 6) is -0.0751. The number of carbonyl (C=O) groups excluding carboxylic acids is 1. The van der Waals surface area contributed by atoms with E-state index in [1.165, 1.54) is 6.08 Å². The first-order valence-corrected chi connectivity index (χ1v) is 6.79. The number of rotatable bonds is 6. The molecule has 0 fully saturated rings. The minimum Gasteiger partial charge on any atom is -0.342 e. The van der Waals surface area contributed by atoms with Crippen LogP contribution < -0.4 is 0 Å². The molecule has 0 N–H and O–H groups in total. The first-order chi connectivity index (χ1) is 9.32. The third-order valence-electron chi connectivity index (χ3n) is 3.61. The molecule has 0 unspecified atom stereocenters. The van der Waals surface area contributed by atoms with Crippen LogP contribution in [0, 0.1) is 16.7 Å². The van der Waals surface area contributed by atoms with Gasteiger partial charge in [0.1, 0.15) is 11.8 Å². The van der Waals surface area contributed by atoms with Crippen molar-refractivity contribution in [1.82, 2.24) is 9.47 Å². The highest BCUT2D eigenvalue weighted by atomic mass is 16.2. The molecule has 0 aliphatic heterocycles. The molecule has 0 saturated carbocycles. The lowest BCUT2D eigenvalue weighted by Gasteiger charge is -2.31. The number of nitrogens with zero attached hydrogens (tertiary/aromatic N) is 3. The van der Waals surface area contributed by atoms with Gasteiger partial charge in [0.2, 0.25) is 5.91 Å². The second-order valence-electron chi connectivity index (χ2n) is 5.87.